The summed E-state index contributed by atoms with van der Waals surface area (Å²) in [7, 11) is 1.68. The molecule has 0 aliphatic heterocycles. The summed E-state index contributed by atoms with van der Waals surface area (Å²) in [5.41, 5.74) is 7.60. The molecule has 3 nitrogen and oxygen atoms in total. The fourth-order valence-electron chi connectivity index (χ4n) is 1.82. The zero-order valence-corrected chi connectivity index (χ0v) is 11.7. The number of halogens is 2. The van der Waals surface area contributed by atoms with Gasteiger partial charge in [0.05, 0.1) is 5.02 Å². The zero-order valence-electron chi connectivity index (χ0n) is 10.9. The fraction of sp³-hybridized carbons (Fsp3) is 0.133. The predicted octanol–water partition coefficient (Wildman–Crippen LogP) is 3.33. The molecule has 0 spiro atoms. The minimum absolute atomic E-state index is 0.0586. The maximum atomic E-state index is 13.1. The molecule has 0 aliphatic carbocycles. The number of anilines is 1. The Morgan fingerprint density at radius 3 is 2.50 bits per heavy atom. The van der Waals surface area contributed by atoms with Gasteiger partial charge in [-0.25, -0.2) is 4.39 Å². The van der Waals surface area contributed by atoms with Crippen LogP contribution in [-0.2, 0) is 6.54 Å². The fourth-order valence-corrected chi connectivity index (χ4v) is 2.00. The monoisotopic (exact) mass is 292 g/mol. The lowest BCUT2D eigenvalue weighted by molar-refractivity contribution is 0.0785. The second kappa shape index (κ2) is 5.92. The largest absolute Gasteiger partial charge is 0.399 e. The van der Waals surface area contributed by atoms with Crippen molar-refractivity contribution >= 4 is 23.2 Å². The van der Waals surface area contributed by atoms with Crippen LogP contribution in [0.15, 0.2) is 42.5 Å². The van der Waals surface area contributed by atoms with E-state index >= 15 is 0 Å². The summed E-state index contributed by atoms with van der Waals surface area (Å²) in [6.07, 6.45) is 0. The van der Waals surface area contributed by atoms with Crippen molar-refractivity contribution in [3.05, 3.63) is 64.4 Å². The van der Waals surface area contributed by atoms with E-state index in [0.717, 1.165) is 5.56 Å². The maximum Gasteiger partial charge on any atom is 0.253 e. The molecule has 0 fully saturated rings. The van der Waals surface area contributed by atoms with Gasteiger partial charge < -0.3 is 10.6 Å². The predicted molar refractivity (Wildman–Crippen MR) is 78.1 cm³/mol. The summed E-state index contributed by atoms with van der Waals surface area (Å²) in [4.78, 5) is 13.7. The molecular weight excluding hydrogens is 279 g/mol. The van der Waals surface area contributed by atoms with Crippen molar-refractivity contribution in [2.24, 2.45) is 0 Å². The van der Waals surface area contributed by atoms with E-state index in [2.05, 4.69) is 0 Å². The molecule has 104 valence electrons. The summed E-state index contributed by atoms with van der Waals surface area (Å²) >= 11 is 5.68. The molecule has 1 amide bonds. The SMILES string of the molecule is CN(Cc1ccc(N)cc1)C(=O)c1ccc(F)c(Cl)c1. The molecule has 2 aromatic rings. The van der Waals surface area contributed by atoms with Crippen LogP contribution in [-0.4, -0.2) is 17.9 Å². The highest BCUT2D eigenvalue weighted by Crippen LogP contribution is 2.18. The molecular formula is C15H14ClFN2O. The highest BCUT2D eigenvalue weighted by atomic mass is 35.5. The number of carbonyl (C=O) groups is 1. The lowest BCUT2D eigenvalue weighted by Gasteiger charge is -2.17. The highest BCUT2D eigenvalue weighted by molar-refractivity contribution is 6.31. The average Bonchev–Trinajstić information content (AvgIpc) is 2.43. The molecule has 0 radical (unpaired) electrons. The van der Waals surface area contributed by atoms with Crippen molar-refractivity contribution in [1.29, 1.82) is 0 Å². The smallest absolute Gasteiger partial charge is 0.253 e. The van der Waals surface area contributed by atoms with Crippen LogP contribution in [0.5, 0.6) is 0 Å². The van der Waals surface area contributed by atoms with Gasteiger partial charge in [0.25, 0.3) is 5.91 Å². The van der Waals surface area contributed by atoms with Crippen LogP contribution in [0.1, 0.15) is 15.9 Å². The van der Waals surface area contributed by atoms with E-state index in [1.165, 1.54) is 23.1 Å². The number of rotatable bonds is 3. The number of benzene rings is 2. The van der Waals surface area contributed by atoms with Crippen LogP contribution in [0.4, 0.5) is 10.1 Å². The standard InChI is InChI=1S/C15H14ClFN2O/c1-19(9-10-2-5-12(18)6-3-10)15(20)11-4-7-14(17)13(16)8-11/h2-8H,9,18H2,1H3. The van der Waals surface area contributed by atoms with Crippen LogP contribution in [0.3, 0.4) is 0 Å². The first-order chi connectivity index (χ1) is 9.47. The molecule has 0 saturated carbocycles. The van der Waals surface area contributed by atoms with E-state index in [-0.39, 0.29) is 10.9 Å². The second-order valence-corrected chi connectivity index (χ2v) is 4.94. The molecule has 0 unspecified atom stereocenters. The molecule has 0 atom stereocenters. The van der Waals surface area contributed by atoms with Crippen molar-refractivity contribution in [1.82, 2.24) is 4.90 Å². The Balaban J connectivity index is 2.11. The Kier molecular flexibility index (Phi) is 4.25. The van der Waals surface area contributed by atoms with E-state index in [1.807, 2.05) is 12.1 Å². The van der Waals surface area contributed by atoms with E-state index in [9.17, 15) is 9.18 Å². The van der Waals surface area contributed by atoms with Gasteiger partial charge in [-0.05, 0) is 35.9 Å². The third-order valence-electron chi connectivity index (χ3n) is 2.91. The number of carbonyl (C=O) groups excluding carboxylic acids is 1. The molecule has 2 aromatic carbocycles. The van der Waals surface area contributed by atoms with Crippen molar-refractivity contribution in [3.63, 3.8) is 0 Å². The summed E-state index contributed by atoms with van der Waals surface area (Å²) < 4.78 is 13.1. The number of nitrogen functional groups attached to an aromatic ring is 1. The van der Waals surface area contributed by atoms with E-state index in [0.29, 0.717) is 17.8 Å². The first kappa shape index (κ1) is 14.3. The summed E-state index contributed by atoms with van der Waals surface area (Å²) in [6, 6.07) is 11.2. The van der Waals surface area contributed by atoms with Crippen LogP contribution >= 0.6 is 11.6 Å². The first-order valence-corrected chi connectivity index (χ1v) is 6.40. The van der Waals surface area contributed by atoms with Gasteiger partial charge >= 0.3 is 0 Å². The first-order valence-electron chi connectivity index (χ1n) is 6.02. The van der Waals surface area contributed by atoms with Gasteiger partial charge in [0.1, 0.15) is 5.82 Å². The summed E-state index contributed by atoms with van der Waals surface area (Å²) in [5, 5.41) is -0.0586. The Morgan fingerprint density at radius 2 is 1.90 bits per heavy atom. The molecule has 0 saturated heterocycles. The van der Waals surface area contributed by atoms with Crippen LogP contribution < -0.4 is 5.73 Å². The minimum atomic E-state index is -0.538. The summed E-state index contributed by atoms with van der Waals surface area (Å²) in [6.45, 7) is 0.439. The van der Waals surface area contributed by atoms with Gasteiger partial charge in [-0.1, -0.05) is 23.7 Å². The molecule has 20 heavy (non-hydrogen) atoms. The number of nitrogens with two attached hydrogens (primary N) is 1. The molecule has 5 heteroatoms. The average molecular weight is 293 g/mol. The van der Waals surface area contributed by atoms with Gasteiger partial charge in [-0.15, -0.1) is 0 Å². The normalized spacial score (nSPS) is 10.3. The number of hydrogen-bond donors (Lipinski definition) is 1. The third kappa shape index (κ3) is 3.27. The third-order valence-corrected chi connectivity index (χ3v) is 3.20. The lowest BCUT2D eigenvalue weighted by Crippen LogP contribution is -2.26. The maximum absolute atomic E-state index is 13.1. The van der Waals surface area contributed by atoms with Crippen molar-refractivity contribution in [2.45, 2.75) is 6.54 Å². The second-order valence-electron chi connectivity index (χ2n) is 4.53. The molecule has 0 aromatic heterocycles. The van der Waals surface area contributed by atoms with Gasteiger partial charge in [0.2, 0.25) is 0 Å². The van der Waals surface area contributed by atoms with Gasteiger partial charge in [-0.2, -0.15) is 0 Å². The molecule has 0 bridgehead atoms. The van der Waals surface area contributed by atoms with Crippen molar-refractivity contribution in [2.75, 3.05) is 12.8 Å². The highest BCUT2D eigenvalue weighted by Gasteiger charge is 2.13. The number of hydrogen-bond acceptors (Lipinski definition) is 2. The zero-order chi connectivity index (χ0) is 14.7. The Labute approximate surface area is 121 Å². The van der Waals surface area contributed by atoms with Crippen molar-refractivity contribution in [3.8, 4) is 0 Å². The topological polar surface area (TPSA) is 46.3 Å². The van der Waals surface area contributed by atoms with Crippen molar-refractivity contribution < 1.29 is 9.18 Å². The summed E-state index contributed by atoms with van der Waals surface area (Å²) in [5.74, 6) is -0.756. The van der Waals surface area contributed by atoms with E-state index < -0.39 is 5.82 Å². The van der Waals surface area contributed by atoms with Crippen LogP contribution in [0.2, 0.25) is 5.02 Å². The van der Waals surface area contributed by atoms with Gasteiger partial charge in [0.15, 0.2) is 0 Å². The van der Waals surface area contributed by atoms with Crippen LogP contribution in [0, 0.1) is 5.82 Å². The van der Waals surface area contributed by atoms with Gasteiger partial charge in [0, 0.05) is 24.8 Å². The quantitative estimate of drug-likeness (QED) is 0.882. The number of amides is 1. The van der Waals surface area contributed by atoms with E-state index in [4.69, 9.17) is 17.3 Å². The number of nitrogens with zero attached hydrogens (tertiary/aromatic N) is 1. The Morgan fingerprint density at radius 1 is 1.25 bits per heavy atom. The molecule has 0 aliphatic rings. The molecule has 2 rings (SSSR count). The Bertz CT molecular complexity index is 628. The molecule has 0 heterocycles. The van der Waals surface area contributed by atoms with Gasteiger partial charge in [-0.3, -0.25) is 4.79 Å². The lowest BCUT2D eigenvalue weighted by atomic mass is 10.1. The molecule has 2 N–H and O–H groups in total. The minimum Gasteiger partial charge on any atom is -0.399 e. The Hall–Kier alpha value is -2.07. The van der Waals surface area contributed by atoms with E-state index in [1.54, 1.807) is 19.2 Å². The van der Waals surface area contributed by atoms with Crippen LogP contribution in [0.25, 0.3) is 0 Å².